The first-order valence-corrected chi connectivity index (χ1v) is 15.1. The van der Waals surface area contributed by atoms with Crippen molar-refractivity contribution < 1.29 is 24.2 Å². The number of likely N-dealkylation sites (tertiary alicyclic amines) is 1. The van der Waals surface area contributed by atoms with Gasteiger partial charge in [0.25, 0.3) is 5.91 Å². The number of aromatic nitrogens is 2. The van der Waals surface area contributed by atoms with Crippen LogP contribution >= 0.6 is 0 Å². The minimum Gasteiger partial charge on any atom is -0.465 e. The van der Waals surface area contributed by atoms with Crippen LogP contribution in [-0.4, -0.2) is 71.8 Å². The van der Waals surface area contributed by atoms with Crippen molar-refractivity contribution in [2.45, 2.75) is 51.8 Å². The molecule has 3 rings (SSSR count). The summed E-state index contributed by atoms with van der Waals surface area (Å²) in [5.74, 6) is -0.361. The van der Waals surface area contributed by atoms with Gasteiger partial charge < -0.3 is 24.6 Å². The first-order valence-electron chi connectivity index (χ1n) is 11.4. The number of anilines is 1. The van der Waals surface area contributed by atoms with Gasteiger partial charge in [0.05, 0.1) is 11.3 Å². The third-order valence-corrected chi connectivity index (χ3v) is 7.49. The number of hydrazine groups is 1. The standard InChI is InChI=1S/C22H34N6O5Si/c1-15-9-16(12-28(11-15)22(31)32)25-19-17-5-6-27(14-33-7-8-34(2,3)4)20(17)23-10-18(19)21(30)26-24-13-29/h5-6,10,13,15-16H,7-9,11-12,14H2,1-4H3,(H,23,25)(H,24,29)(H,26,30)(H,31,32)/t15-,16+/m0/s1. The summed E-state index contributed by atoms with van der Waals surface area (Å²) in [6.45, 7) is 10.7. The largest absolute Gasteiger partial charge is 0.465 e. The molecule has 2 atom stereocenters. The van der Waals surface area contributed by atoms with E-state index in [-0.39, 0.29) is 17.5 Å². The summed E-state index contributed by atoms with van der Waals surface area (Å²) in [6, 6.07) is 2.73. The molecule has 1 fully saturated rings. The molecule has 4 N–H and O–H groups in total. The van der Waals surface area contributed by atoms with Gasteiger partial charge >= 0.3 is 6.09 Å². The normalized spacial score (nSPS) is 18.5. The molecule has 0 spiro atoms. The van der Waals surface area contributed by atoms with Gasteiger partial charge in [-0.05, 0) is 24.4 Å². The number of hydrogen-bond acceptors (Lipinski definition) is 6. The molecular weight excluding hydrogens is 456 g/mol. The summed E-state index contributed by atoms with van der Waals surface area (Å²) in [6.07, 6.45) is 3.47. The van der Waals surface area contributed by atoms with Gasteiger partial charge in [-0.3, -0.25) is 20.4 Å². The molecule has 1 aliphatic rings. The highest BCUT2D eigenvalue weighted by molar-refractivity contribution is 6.76. The minimum absolute atomic E-state index is 0.165. The van der Waals surface area contributed by atoms with Crippen LogP contribution in [0.3, 0.4) is 0 Å². The quantitative estimate of drug-likeness (QED) is 0.174. The number of nitrogens with zero attached hydrogens (tertiary/aromatic N) is 3. The number of ether oxygens (including phenoxy) is 1. The predicted molar refractivity (Wildman–Crippen MR) is 131 cm³/mol. The van der Waals surface area contributed by atoms with Crippen molar-refractivity contribution in [3.05, 3.63) is 24.0 Å². The van der Waals surface area contributed by atoms with E-state index in [0.29, 0.717) is 49.6 Å². The average molecular weight is 491 g/mol. The average Bonchev–Trinajstić information content (AvgIpc) is 3.17. The first-order chi connectivity index (χ1) is 16.1. The molecule has 11 nitrogen and oxygen atoms in total. The molecule has 0 bridgehead atoms. The van der Waals surface area contributed by atoms with Crippen LogP contribution in [0.15, 0.2) is 18.5 Å². The second-order valence-electron chi connectivity index (χ2n) is 10.0. The Balaban J connectivity index is 1.89. The maximum absolute atomic E-state index is 12.7. The van der Waals surface area contributed by atoms with Crippen LogP contribution in [-0.2, 0) is 16.3 Å². The van der Waals surface area contributed by atoms with Crippen molar-refractivity contribution in [1.82, 2.24) is 25.3 Å². The van der Waals surface area contributed by atoms with Crippen LogP contribution in [0.2, 0.25) is 25.7 Å². The van der Waals surface area contributed by atoms with E-state index in [1.165, 1.54) is 11.1 Å². The molecule has 2 aromatic heterocycles. The second-order valence-corrected chi connectivity index (χ2v) is 15.6. The highest BCUT2D eigenvalue weighted by atomic mass is 28.3. The summed E-state index contributed by atoms with van der Waals surface area (Å²) < 4.78 is 7.75. The van der Waals surface area contributed by atoms with Crippen molar-refractivity contribution in [3.8, 4) is 0 Å². The molecule has 2 aromatic rings. The molecule has 186 valence electrons. The topological polar surface area (TPSA) is 138 Å². The Kier molecular flexibility index (Phi) is 8.15. The summed E-state index contributed by atoms with van der Waals surface area (Å²) in [5, 5.41) is 13.6. The van der Waals surface area contributed by atoms with Gasteiger partial charge in [0.2, 0.25) is 6.41 Å². The molecule has 0 aliphatic carbocycles. The van der Waals surface area contributed by atoms with Gasteiger partial charge in [0.15, 0.2) is 0 Å². The third kappa shape index (κ3) is 6.47. The number of amides is 3. The number of piperidine rings is 1. The number of carboxylic acid groups (broad SMARTS) is 1. The van der Waals surface area contributed by atoms with Crippen molar-refractivity contribution in [2.24, 2.45) is 5.92 Å². The van der Waals surface area contributed by atoms with E-state index >= 15 is 0 Å². The van der Waals surface area contributed by atoms with Crippen LogP contribution in [0, 0.1) is 5.92 Å². The SMILES string of the molecule is C[C@H]1C[C@@H](Nc2c(C(=O)NNC=O)cnc3c2ccn3COCC[Si](C)(C)C)CN(C(=O)O)C1. The number of fused-ring (bicyclic) bond motifs is 1. The Hall–Kier alpha value is -3.12. The summed E-state index contributed by atoms with van der Waals surface area (Å²) in [7, 11) is -1.20. The van der Waals surface area contributed by atoms with Crippen molar-refractivity contribution in [3.63, 3.8) is 0 Å². The van der Waals surface area contributed by atoms with Gasteiger partial charge in [-0.2, -0.15) is 0 Å². The first kappa shape index (κ1) is 25.5. The van der Waals surface area contributed by atoms with Gasteiger partial charge in [-0.15, -0.1) is 0 Å². The van der Waals surface area contributed by atoms with Gasteiger partial charge in [0, 0.05) is 51.6 Å². The highest BCUT2D eigenvalue weighted by Crippen LogP contribution is 2.30. The van der Waals surface area contributed by atoms with E-state index in [1.807, 2.05) is 23.8 Å². The molecule has 0 unspecified atom stereocenters. The molecule has 34 heavy (non-hydrogen) atoms. The number of rotatable bonds is 10. The van der Waals surface area contributed by atoms with Crippen LogP contribution < -0.4 is 16.2 Å². The lowest BCUT2D eigenvalue weighted by Crippen LogP contribution is -2.48. The predicted octanol–water partition coefficient (Wildman–Crippen LogP) is 2.54. The maximum Gasteiger partial charge on any atom is 0.407 e. The molecule has 1 saturated heterocycles. The van der Waals surface area contributed by atoms with E-state index < -0.39 is 20.1 Å². The van der Waals surface area contributed by atoms with Crippen molar-refractivity contribution in [1.29, 1.82) is 0 Å². The lowest BCUT2D eigenvalue weighted by molar-refractivity contribution is -0.110. The van der Waals surface area contributed by atoms with E-state index in [4.69, 9.17) is 4.74 Å². The zero-order valence-corrected chi connectivity index (χ0v) is 21.1. The van der Waals surface area contributed by atoms with Crippen LogP contribution in [0.1, 0.15) is 23.7 Å². The molecule has 0 aromatic carbocycles. The van der Waals surface area contributed by atoms with E-state index in [9.17, 15) is 19.5 Å². The fraction of sp³-hybridized carbons (Fsp3) is 0.545. The number of hydrogen-bond donors (Lipinski definition) is 4. The zero-order valence-electron chi connectivity index (χ0n) is 20.1. The van der Waals surface area contributed by atoms with Crippen molar-refractivity contribution in [2.75, 3.05) is 25.0 Å². The smallest absolute Gasteiger partial charge is 0.407 e. The number of pyridine rings is 1. The fourth-order valence-electron chi connectivity index (χ4n) is 4.09. The van der Waals surface area contributed by atoms with Crippen LogP contribution in [0.25, 0.3) is 11.0 Å². The third-order valence-electron chi connectivity index (χ3n) is 5.78. The van der Waals surface area contributed by atoms with E-state index in [0.717, 1.165) is 12.5 Å². The molecule has 0 saturated carbocycles. The Morgan fingerprint density at radius 1 is 1.32 bits per heavy atom. The van der Waals surface area contributed by atoms with Gasteiger partial charge in [-0.25, -0.2) is 9.78 Å². The summed E-state index contributed by atoms with van der Waals surface area (Å²) in [5.41, 5.74) is 5.92. The molecule has 1 aliphatic heterocycles. The molecule has 12 heteroatoms. The maximum atomic E-state index is 12.7. The minimum atomic E-state index is -1.20. The molecule has 0 radical (unpaired) electrons. The summed E-state index contributed by atoms with van der Waals surface area (Å²) in [4.78, 5) is 40.8. The highest BCUT2D eigenvalue weighted by Gasteiger charge is 2.29. The second kappa shape index (κ2) is 10.9. The Morgan fingerprint density at radius 2 is 2.09 bits per heavy atom. The lowest BCUT2D eigenvalue weighted by Gasteiger charge is -2.36. The van der Waals surface area contributed by atoms with E-state index in [1.54, 1.807) is 0 Å². The molecule has 3 heterocycles. The Bertz CT molecular complexity index is 1040. The number of nitrogens with one attached hydrogen (secondary N) is 3. The fourth-order valence-corrected chi connectivity index (χ4v) is 4.85. The van der Waals surface area contributed by atoms with Gasteiger partial charge in [-0.1, -0.05) is 26.6 Å². The van der Waals surface area contributed by atoms with Crippen molar-refractivity contribution >= 4 is 43.2 Å². The molecule has 3 amide bonds. The summed E-state index contributed by atoms with van der Waals surface area (Å²) >= 11 is 0. The van der Waals surface area contributed by atoms with E-state index in [2.05, 4.69) is 40.8 Å². The number of carbonyl (C=O) groups excluding carboxylic acids is 2. The van der Waals surface area contributed by atoms with Crippen LogP contribution in [0.4, 0.5) is 10.5 Å². The lowest BCUT2D eigenvalue weighted by atomic mass is 9.95. The van der Waals surface area contributed by atoms with Gasteiger partial charge in [0.1, 0.15) is 12.4 Å². The zero-order chi connectivity index (χ0) is 24.9. The Labute approximate surface area is 199 Å². The Morgan fingerprint density at radius 3 is 2.76 bits per heavy atom. The number of carbonyl (C=O) groups is 3. The molecular formula is C22H34N6O5Si. The monoisotopic (exact) mass is 490 g/mol. The van der Waals surface area contributed by atoms with Crippen LogP contribution in [0.5, 0.6) is 0 Å².